The fourth-order valence-electron chi connectivity index (χ4n) is 1.36. The van der Waals surface area contributed by atoms with Gasteiger partial charge in [0.05, 0.1) is 16.2 Å². The molecule has 0 saturated carbocycles. The number of aromatic nitrogens is 2. The van der Waals surface area contributed by atoms with Gasteiger partial charge in [0.1, 0.15) is 0 Å². The Morgan fingerprint density at radius 1 is 1.38 bits per heavy atom. The van der Waals surface area contributed by atoms with Crippen molar-refractivity contribution in [2.45, 2.75) is 26.3 Å². The fraction of sp³-hybridized carbons (Fsp3) is 0.455. The first-order valence-electron chi connectivity index (χ1n) is 5.40. The molecule has 1 N–H and O–H groups in total. The predicted octanol–water partition coefficient (Wildman–Crippen LogP) is 2.49. The van der Waals surface area contributed by atoms with Crippen LogP contribution in [0.25, 0.3) is 0 Å². The van der Waals surface area contributed by atoms with E-state index in [4.69, 9.17) is 0 Å². The summed E-state index contributed by atoms with van der Waals surface area (Å²) in [6.45, 7) is 3.99. The van der Waals surface area contributed by atoms with Gasteiger partial charge >= 0.3 is 0 Å². The van der Waals surface area contributed by atoms with Gasteiger partial charge in [0, 0.05) is 36.0 Å². The van der Waals surface area contributed by atoms with Crippen LogP contribution in [0.3, 0.4) is 0 Å². The smallest absolute Gasteiger partial charge is 0.0940 e. The Hall–Kier alpha value is -0.780. The van der Waals surface area contributed by atoms with Crippen LogP contribution in [-0.4, -0.2) is 16.5 Å². The average Bonchev–Trinajstić information content (AvgIpc) is 2.95. The van der Waals surface area contributed by atoms with Crippen molar-refractivity contribution in [1.29, 1.82) is 0 Å². The highest BCUT2D eigenvalue weighted by atomic mass is 32.1. The van der Waals surface area contributed by atoms with Gasteiger partial charge in [-0.25, -0.2) is 9.97 Å². The highest BCUT2D eigenvalue weighted by Crippen LogP contribution is 2.13. The van der Waals surface area contributed by atoms with Crippen molar-refractivity contribution in [3.63, 3.8) is 0 Å². The Labute approximate surface area is 104 Å². The second-order valence-corrected chi connectivity index (χ2v) is 5.40. The van der Waals surface area contributed by atoms with E-state index in [9.17, 15) is 0 Å². The molecule has 0 radical (unpaired) electrons. The first-order valence-corrected chi connectivity index (χ1v) is 7.15. The first kappa shape index (κ1) is 11.7. The summed E-state index contributed by atoms with van der Waals surface area (Å²) in [7, 11) is 0. The molecule has 0 aliphatic carbocycles. The van der Waals surface area contributed by atoms with Crippen molar-refractivity contribution < 1.29 is 0 Å². The van der Waals surface area contributed by atoms with Gasteiger partial charge < -0.3 is 5.32 Å². The predicted molar refractivity (Wildman–Crippen MR) is 69.0 cm³/mol. The highest BCUT2D eigenvalue weighted by Gasteiger charge is 2.00. The van der Waals surface area contributed by atoms with Crippen LogP contribution >= 0.6 is 22.7 Å². The summed E-state index contributed by atoms with van der Waals surface area (Å²) in [5, 5.41) is 6.67. The van der Waals surface area contributed by atoms with Crippen molar-refractivity contribution in [2.75, 3.05) is 6.54 Å². The van der Waals surface area contributed by atoms with Gasteiger partial charge in [-0.15, -0.1) is 22.7 Å². The van der Waals surface area contributed by atoms with Gasteiger partial charge in [-0.1, -0.05) is 6.92 Å². The fourth-order valence-corrected chi connectivity index (χ4v) is 2.78. The molecule has 0 amide bonds. The van der Waals surface area contributed by atoms with E-state index in [2.05, 4.69) is 27.6 Å². The van der Waals surface area contributed by atoms with Crippen molar-refractivity contribution in [3.8, 4) is 0 Å². The molecule has 0 aliphatic heterocycles. The quantitative estimate of drug-likeness (QED) is 0.804. The number of nitrogens with zero attached hydrogens (tertiary/aromatic N) is 2. The lowest BCUT2D eigenvalue weighted by Crippen LogP contribution is -2.16. The van der Waals surface area contributed by atoms with E-state index in [1.54, 1.807) is 11.3 Å². The summed E-state index contributed by atoms with van der Waals surface area (Å²) in [6.07, 6.45) is 4.08. The summed E-state index contributed by atoms with van der Waals surface area (Å²) in [5.74, 6) is 0. The van der Waals surface area contributed by atoms with Crippen LogP contribution in [0.2, 0.25) is 0 Å². The highest BCUT2D eigenvalue weighted by molar-refractivity contribution is 7.11. The van der Waals surface area contributed by atoms with Crippen LogP contribution in [0, 0.1) is 0 Å². The first-order chi connectivity index (χ1) is 7.88. The molecule has 0 atom stereocenters. The minimum atomic E-state index is 0.857. The number of thiazole rings is 2. The molecule has 0 aliphatic rings. The lowest BCUT2D eigenvalue weighted by molar-refractivity contribution is 0.676. The van der Waals surface area contributed by atoms with E-state index in [0.29, 0.717) is 0 Å². The van der Waals surface area contributed by atoms with E-state index < -0.39 is 0 Å². The molecule has 3 nitrogen and oxygen atoms in total. The van der Waals surface area contributed by atoms with Crippen LogP contribution in [0.1, 0.15) is 22.5 Å². The minimum absolute atomic E-state index is 0.857. The molecule has 2 heterocycles. The topological polar surface area (TPSA) is 37.8 Å². The number of rotatable bonds is 6. The second kappa shape index (κ2) is 6.08. The summed E-state index contributed by atoms with van der Waals surface area (Å²) in [5.41, 5.74) is 2.99. The normalized spacial score (nSPS) is 10.8. The van der Waals surface area contributed by atoms with Crippen molar-refractivity contribution in [2.24, 2.45) is 0 Å². The standard InChI is InChI=1S/C11H15N3S2/c1-2-10-6-13-11(16-10)3-4-12-5-9-7-15-8-14-9/h6-8,12H,2-5H2,1H3. The zero-order valence-corrected chi connectivity index (χ0v) is 10.9. The third kappa shape index (κ3) is 3.37. The second-order valence-electron chi connectivity index (χ2n) is 3.48. The Morgan fingerprint density at radius 3 is 3.00 bits per heavy atom. The summed E-state index contributed by atoms with van der Waals surface area (Å²) < 4.78 is 0. The zero-order chi connectivity index (χ0) is 11.2. The van der Waals surface area contributed by atoms with Crippen LogP contribution in [0.5, 0.6) is 0 Å². The number of nitrogens with one attached hydrogen (secondary N) is 1. The lowest BCUT2D eigenvalue weighted by atomic mass is 10.4. The molecule has 0 fully saturated rings. The van der Waals surface area contributed by atoms with E-state index in [1.165, 1.54) is 9.88 Å². The molecule has 0 spiro atoms. The van der Waals surface area contributed by atoms with Crippen molar-refractivity contribution in [3.05, 3.63) is 32.7 Å². The largest absolute Gasteiger partial charge is 0.311 e. The van der Waals surface area contributed by atoms with Crippen LogP contribution in [0.4, 0.5) is 0 Å². The van der Waals surface area contributed by atoms with E-state index >= 15 is 0 Å². The SMILES string of the molecule is CCc1cnc(CCNCc2cscn2)s1. The minimum Gasteiger partial charge on any atom is -0.311 e. The Balaban J connectivity index is 1.68. The van der Waals surface area contributed by atoms with Crippen molar-refractivity contribution in [1.82, 2.24) is 15.3 Å². The third-order valence-electron chi connectivity index (χ3n) is 2.26. The van der Waals surface area contributed by atoms with Crippen molar-refractivity contribution >= 4 is 22.7 Å². The van der Waals surface area contributed by atoms with Gasteiger partial charge in [-0.3, -0.25) is 0 Å². The van der Waals surface area contributed by atoms with Gasteiger partial charge in [-0.05, 0) is 6.42 Å². The number of hydrogen-bond acceptors (Lipinski definition) is 5. The van der Waals surface area contributed by atoms with Gasteiger partial charge in [0.2, 0.25) is 0 Å². The molecule has 2 aromatic rings. The van der Waals surface area contributed by atoms with E-state index in [0.717, 1.165) is 31.6 Å². The maximum absolute atomic E-state index is 4.39. The molecule has 0 unspecified atom stereocenters. The number of aryl methyl sites for hydroxylation is 1. The molecule has 0 bridgehead atoms. The van der Waals surface area contributed by atoms with Crippen LogP contribution in [-0.2, 0) is 19.4 Å². The lowest BCUT2D eigenvalue weighted by Gasteiger charge is -1.99. The van der Waals surface area contributed by atoms with Crippen LogP contribution in [0.15, 0.2) is 17.1 Å². The molecule has 16 heavy (non-hydrogen) atoms. The molecule has 2 rings (SSSR count). The average molecular weight is 253 g/mol. The van der Waals surface area contributed by atoms with E-state index in [1.807, 2.05) is 23.0 Å². The monoisotopic (exact) mass is 253 g/mol. The maximum Gasteiger partial charge on any atom is 0.0940 e. The third-order valence-corrected chi connectivity index (χ3v) is 4.09. The maximum atomic E-state index is 4.39. The van der Waals surface area contributed by atoms with E-state index in [-0.39, 0.29) is 0 Å². The molecular weight excluding hydrogens is 238 g/mol. The molecule has 5 heteroatoms. The Kier molecular flexibility index (Phi) is 4.44. The van der Waals surface area contributed by atoms with Gasteiger partial charge in [-0.2, -0.15) is 0 Å². The Bertz CT molecular complexity index is 409. The molecule has 2 aromatic heterocycles. The Morgan fingerprint density at radius 2 is 2.31 bits per heavy atom. The summed E-state index contributed by atoms with van der Waals surface area (Å²) >= 11 is 3.46. The summed E-state index contributed by atoms with van der Waals surface area (Å²) in [4.78, 5) is 9.98. The molecule has 86 valence electrons. The zero-order valence-electron chi connectivity index (χ0n) is 9.27. The molecular formula is C11H15N3S2. The van der Waals surface area contributed by atoms with Gasteiger partial charge in [0.15, 0.2) is 0 Å². The molecule has 0 aromatic carbocycles. The van der Waals surface area contributed by atoms with Crippen LogP contribution < -0.4 is 5.32 Å². The summed E-state index contributed by atoms with van der Waals surface area (Å²) in [6, 6.07) is 0. The number of hydrogen-bond donors (Lipinski definition) is 1. The molecule has 0 saturated heterocycles. The van der Waals surface area contributed by atoms with Gasteiger partial charge in [0.25, 0.3) is 0 Å².